The minimum Gasteiger partial charge on any atom is -0.497 e. The maximum Gasteiger partial charge on any atom is 0.265 e. The van der Waals surface area contributed by atoms with E-state index in [0.717, 1.165) is 11.3 Å². The molecule has 0 radical (unpaired) electrons. The summed E-state index contributed by atoms with van der Waals surface area (Å²) in [5.74, 6) is 1.67. The topological polar surface area (TPSA) is 103 Å². The summed E-state index contributed by atoms with van der Waals surface area (Å²) in [7, 11) is 3.04. The van der Waals surface area contributed by atoms with E-state index in [1.807, 2.05) is 6.92 Å². The Morgan fingerprint density at radius 3 is 2.47 bits per heavy atom. The number of amides is 2. The van der Waals surface area contributed by atoms with Crippen LogP contribution in [0.2, 0.25) is 0 Å². The molecule has 1 aliphatic rings. The molecule has 0 spiro atoms. The second-order valence-electron chi connectivity index (χ2n) is 7.31. The van der Waals surface area contributed by atoms with Crippen LogP contribution in [0.3, 0.4) is 0 Å². The second-order valence-corrected chi connectivity index (χ2v) is 7.31. The minimum atomic E-state index is -0.345. The number of aryl methyl sites for hydroxylation is 2. The zero-order valence-corrected chi connectivity index (χ0v) is 18.2. The first-order valence-electron chi connectivity index (χ1n) is 9.93. The van der Waals surface area contributed by atoms with Crippen LogP contribution in [0.15, 0.2) is 40.9 Å². The Bertz CT molecular complexity index is 1140. The fraction of sp³-hybridized carbons (Fsp3) is 0.261. The van der Waals surface area contributed by atoms with Crippen molar-refractivity contribution in [1.82, 2.24) is 5.16 Å². The van der Waals surface area contributed by atoms with Gasteiger partial charge >= 0.3 is 0 Å². The predicted molar refractivity (Wildman–Crippen MR) is 117 cm³/mol. The summed E-state index contributed by atoms with van der Waals surface area (Å²) < 4.78 is 21.3. The molecule has 0 saturated carbocycles. The molecule has 2 aromatic carbocycles. The quantitative estimate of drug-likeness (QED) is 0.630. The van der Waals surface area contributed by atoms with E-state index >= 15 is 0 Å². The smallest absolute Gasteiger partial charge is 0.265 e. The van der Waals surface area contributed by atoms with E-state index in [-0.39, 0.29) is 18.4 Å². The van der Waals surface area contributed by atoms with Gasteiger partial charge in [-0.15, -0.1) is 0 Å². The molecule has 0 atom stereocenters. The maximum atomic E-state index is 12.9. The standard InChI is InChI=1S/C23H23N3O6/c1-13-19(14(2)32-25-13)11-26-20-9-16(5-6-21(20)31-12-22(26)27)24-23(28)15-7-17(29-3)10-18(8-15)30-4/h5-10H,11-12H2,1-4H3,(H,24,28). The first-order valence-corrected chi connectivity index (χ1v) is 9.93. The van der Waals surface area contributed by atoms with Crippen molar-refractivity contribution in [1.29, 1.82) is 0 Å². The molecule has 0 unspecified atom stereocenters. The van der Waals surface area contributed by atoms with Gasteiger partial charge in [0.2, 0.25) is 0 Å². The van der Waals surface area contributed by atoms with Crippen molar-refractivity contribution in [2.45, 2.75) is 20.4 Å². The first kappa shape index (κ1) is 21.2. The number of carbonyl (C=O) groups is 2. The van der Waals surface area contributed by atoms with Crippen LogP contribution < -0.4 is 24.4 Å². The highest BCUT2D eigenvalue weighted by molar-refractivity contribution is 6.06. The zero-order valence-electron chi connectivity index (χ0n) is 18.2. The Balaban J connectivity index is 1.62. The van der Waals surface area contributed by atoms with Gasteiger partial charge in [0.25, 0.3) is 11.8 Å². The van der Waals surface area contributed by atoms with Gasteiger partial charge in [-0.3, -0.25) is 9.59 Å². The van der Waals surface area contributed by atoms with E-state index in [1.165, 1.54) is 14.2 Å². The van der Waals surface area contributed by atoms with Gasteiger partial charge in [0.1, 0.15) is 23.0 Å². The number of hydrogen-bond donors (Lipinski definition) is 1. The second kappa shape index (κ2) is 8.62. The van der Waals surface area contributed by atoms with Crippen molar-refractivity contribution in [2.24, 2.45) is 0 Å². The normalized spacial score (nSPS) is 12.8. The van der Waals surface area contributed by atoms with E-state index in [9.17, 15) is 9.59 Å². The molecule has 2 heterocycles. The molecule has 4 rings (SSSR count). The number of ether oxygens (including phenoxy) is 3. The molecule has 1 N–H and O–H groups in total. The molecular formula is C23H23N3O6. The van der Waals surface area contributed by atoms with Crippen LogP contribution >= 0.6 is 0 Å². The number of anilines is 2. The number of aromatic nitrogens is 1. The maximum absolute atomic E-state index is 12.9. The molecule has 9 nitrogen and oxygen atoms in total. The number of nitrogens with one attached hydrogen (secondary N) is 1. The summed E-state index contributed by atoms with van der Waals surface area (Å²) in [6.45, 7) is 3.86. The average Bonchev–Trinajstić information content (AvgIpc) is 3.12. The lowest BCUT2D eigenvalue weighted by atomic mass is 10.1. The summed E-state index contributed by atoms with van der Waals surface area (Å²) >= 11 is 0. The SMILES string of the molecule is COc1cc(OC)cc(C(=O)Nc2ccc3c(c2)N(Cc2c(C)noc2C)C(=O)CO3)c1. The molecular weight excluding hydrogens is 414 g/mol. The van der Waals surface area contributed by atoms with Gasteiger partial charge < -0.3 is 29.0 Å². The Kier molecular flexibility index (Phi) is 5.72. The molecule has 3 aromatic rings. The minimum absolute atomic E-state index is 0.0638. The first-order chi connectivity index (χ1) is 15.4. The van der Waals surface area contributed by atoms with Crippen LogP contribution in [0.5, 0.6) is 17.2 Å². The Hall–Kier alpha value is -4.01. The van der Waals surface area contributed by atoms with Crippen molar-refractivity contribution in [3.63, 3.8) is 0 Å². The number of benzene rings is 2. The highest BCUT2D eigenvalue weighted by Crippen LogP contribution is 2.36. The van der Waals surface area contributed by atoms with Gasteiger partial charge in [-0.25, -0.2) is 0 Å². The summed E-state index contributed by atoms with van der Waals surface area (Å²) in [4.78, 5) is 27.1. The van der Waals surface area contributed by atoms with Crippen LogP contribution in [-0.4, -0.2) is 37.8 Å². The Labute approximate surface area is 184 Å². The van der Waals surface area contributed by atoms with E-state index in [1.54, 1.807) is 48.2 Å². The van der Waals surface area contributed by atoms with Crippen LogP contribution in [0.1, 0.15) is 27.4 Å². The molecule has 0 fully saturated rings. The predicted octanol–water partition coefficient (Wildman–Crippen LogP) is 3.49. The van der Waals surface area contributed by atoms with Crippen molar-refractivity contribution in [3.8, 4) is 17.2 Å². The monoisotopic (exact) mass is 437 g/mol. The third-order valence-corrected chi connectivity index (χ3v) is 5.27. The highest BCUT2D eigenvalue weighted by atomic mass is 16.5. The van der Waals surface area contributed by atoms with Gasteiger partial charge in [0, 0.05) is 22.9 Å². The van der Waals surface area contributed by atoms with Crippen LogP contribution in [0.25, 0.3) is 0 Å². The fourth-order valence-electron chi connectivity index (χ4n) is 3.48. The Morgan fingerprint density at radius 1 is 1.12 bits per heavy atom. The average molecular weight is 437 g/mol. The molecule has 166 valence electrons. The largest absolute Gasteiger partial charge is 0.497 e. The fourth-order valence-corrected chi connectivity index (χ4v) is 3.48. The van der Waals surface area contributed by atoms with Gasteiger partial charge in [-0.2, -0.15) is 0 Å². The number of nitrogens with zero attached hydrogens (tertiary/aromatic N) is 2. The summed E-state index contributed by atoms with van der Waals surface area (Å²) in [5.41, 5.74) is 3.00. The Morgan fingerprint density at radius 2 is 1.84 bits per heavy atom. The molecule has 0 saturated heterocycles. The summed E-state index contributed by atoms with van der Waals surface area (Å²) in [6, 6.07) is 10.1. The van der Waals surface area contributed by atoms with Crippen LogP contribution in [-0.2, 0) is 11.3 Å². The van der Waals surface area contributed by atoms with Gasteiger partial charge in [-0.05, 0) is 44.2 Å². The summed E-state index contributed by atoms with van der Waals surface area (Å²) in [5, 5.41) is 6.81. The van der Waals surface area contributed by atoms with Crippen molar-refractivity contribution >= 4 is 23.2 Å². The molecule has 2 amide bonds. The molecule has 32 heavy (non-hydrogen) atoms. The van der Waals surface area contributed by atoms with E-state index in [2.05, 4.69) is 10.5 Å². The third-order valence-electron chi connectivity index (χ3n) is 5.27. The lowest BCUT2D eigenvalue weighted by Gasteiger charge is -2.29. The van der Waals surface area contributed by atoms with Gasteiger partial charge in [0.15, 0.2) is 6.61 Å². The van der Waals surface area contributed by atoms with Gasteiger partial charge in [-0.1, -0.05) is 5.16 Å². The molecule has 0 aliphatic carbocycles. The lowest BCUT2D eigenvalue weighted by Crippen LogP contribution is -2.38. The number of carbonyl (C=O) groups excluding carboxylic acids is 2. The highest BCUT2D eigenvalue weighted by Gasteiger charge is 2.28. The third kappa shape index (κ3) is 4.09. The summed E-state index contributed by atoms with van der Waals surface area (Å²) in [6.07, 6.45) is 0. The lowest BCUT2D eigenvalue weighted by molar-refractivity contribution is -0.121. The van der Waals surface area contributed by atoms with Crippen molar-refractivity contribution < 1.29 is 28.3 Å². The molecule has 9 heteroatoms. The van der Waals surface area contributed by atoms with E-state index < -0.39 is 0 Å². The molecule has 1 aromatic heterocycles. The molecule has 0 bridgehead atoms. The molecule has 1 aliphatic heterocycles. The van der Waals surface area contributed by atoms with E-state index in [4.69, 9.17) is 18.7 Å². The zero-order chi connectivity index (χ0) is 22.8. The van der Waals surface area contributed by atoms with Crippen molar-refractivity contribution in [3.05, 3.63) is 59.0 Å². The van der Waals surface area contributed by atoms with Gasteiger partial charge in [0.05, 0.1) is 32.1 Å². The number of methoxy groups -OCH3 is 2. The number of rotatable bonds is 6. The van der Waals surface area contributed by atoms with Crippen LogP contribution in [0.4, 0.5) is 11.4 Å². The van der Waals surface area contributed by atoms with E-state index in [0.29, 0.717) is 46.5 Å². The number of hydrogen-bond acceptors (Lipinski definition) is 7. The number of fused-ring (bicyclic) bond motifs is 1. The van der Waals surface area contributed by atoms with Crippen LogP contribution in [0, 0.1) is 13.8 Å². The van der Waals surface area contributed by atoms with Crippen molar-refractivity contribution in [2.75, 3.05) is 31.0 Å².